The summed E-state index contributed by atoms with van der Waals surface area (Å²) < 4.78 is 10.8. The number of rotatable bonds is 16. The standard InChI is InChI=1S/C24H37NO4/c1-2-3-4-5-6-7-8-9-10-13-16-25-18-20(26)19-28-23-17-24(27)29-22-15-12-11-14-21(22)23/h11-12,14-15,17,20,25-26H,2-10,13,16,18-19H2,1H3. The third kappa shape index (κ3) is 9.46. The van der Waals surface area contributed by atoms with E-state index in [1.165, 1.54) is 63.9 Å². The van der Waals surface area contributed by atoms with E-state index in [1.54, 1.807) is 12.1 Å². The van der Waals surface area contributed by atoms with Crippen LogP contribution in [-0.4, -0.2) is 30.9 Å². The topological polar surface area (TPSA) is 71.7 Å². The lowest BCUT2D eigenvalue weighted by Crippen LogP contribution is -2.32. The SMILES string of the molecule is CCCCCCCCCCCCNCC(O)COc1cc(=O)oc2ccccc12. The molecule has 1 heterocycles. The second-order valence-corrected chi connectivity index (χ2v) is 7.78. The first-order valence-corrected chi connectivity index (χ1v) is 11.2. The minimum absolute atomic E-state index is 0.137. The molecule has 1 atom stereocenters. The number of aliphatic hydroxyl groups is 1. The van der Waals surface area contributed by atoms with E-state index in [-0.39, 0.29) is 6.61 Å². The molecule has 0 bridgehead atoms. The molecule has 0 saturated heterocycles. The molecule has 0 spiro atoms. The van der Waals surface area contributed by atoms with E-state index in [2.05, 4.69) is 12.2 Å². The quantitative estimate of drug-likeness (QED) is 0.303. The summed E-state index contributed by atoms with van der Waals surface area (Å²) in [5.41, 5.74) is 0.0378. The van der Waals surface area contributed by atoms with E-state index < -0.39 is 11.7 Å². The van der Waals surface area contributed by atoms with E-state index in [0.29, 0.717) is 17.9 Å². The molecule has 2 N–H and O–H groups in total. The lowest BCUT2D eigenvalue weighted by Gasteiger charge is -2.14. The number of para-hydroxylation sites is 1. The molecule has 0 saturated carbocycles. The highest BCUT2D eigenvalue weighted by Crippen LogP contribution is 2.23. The highest BCUT2D eigenvalue weighted by molar-refractivity contribution is 5.82. The van der Waals surface area contributed by atoms with Crippen LogP contribution in [0.15, 0.2) is 39.5 Å². The van der Waals surface area contributed by atoms with Gasteiger partial charge in [0.05, 0.1) is 11.5 Å². The van der Waals surface area contributed by atoms with Crippen LogP contribution in [0.3, 0.4) is 0 Å². The Morgan fingerprint density at radius 2 is 1.66 bits per heavy atom. The average Bonchev–Trinajstić information content (AvgIpc) is 2.72. The zero-order valence-electron chi connectivity index (χ0n) is 17.8. The molecular weight excluding hydrogens is 366 g/mol. The molecule has 2 rings (SSSR count). The monoisotopic (exact) mass is 403 g/mol. The van der Waals surface area contributed by atoms with E-state index in [1.807, 2.05) is 12.1 Å². The van der Waals surface area contributed by atoms with Crippen LogP contribution in [-0.2, 0) is 0 Å². The van der Waals surface area contributed by atoms with E-state index in [0.717, 1.165) is 18.4 Å². The normalized spacial score (nSPS) is 12.3. The summed E-state index contributed by atoms with van der Waals surface area (Å²) in [5, 5.41) is 14.1. The van der Waals surface area contributed by atoms with Crippen molar-refractivity contribution in [3.8, 4) is 5.75 Å². The van der Waals surface area contributed by atoms with Crippen molar-refractivity contribution < 1.29 is 14.3 Å². The van der Waals surface area contributed by atoms with Crippen molar-refractivity contribution in [3.05, 3.63) is 40.8 Å². The molecular formula is C24H37NO4. The number of benzene rings is 1. The van der Waals surface area contributed by atoms with Gasteiger partial charge in [0.2, 0.25) is 0 Å². The average molecular weight is 404 g/mol. The van der Waals surface area contributed by atoms with Crippen molar-refractivity contribution >= 4 is 11.0 Å². The Morgan fingerprint density at radius 1 is 1.00 bits per heavy atom. The number of hydrogen-bond acceptors (Lipinski definition) is 5. The fourth-order valence-corrected chi connectivity index (χ4v) is 3.45. The van der Waals surface area contributed by atoms with Gasteiger partial charge < -0.3 is 19.6 Å². The fraction of sp³-hybridized carbons (Fsp3) is 0.625. The third-order valence-electron chi connectivity index (χ3n) is 5.13. The highest BCUT2D eigenvalue weighted by atomic mass is 16.5. The summed E-state index contributed by atoms with van der Waals surface area (Å²) in [6.07, 6.45) is 12.6. The lowest BCUT2D eigenvalue weighted by molar-refractivity contribution is 0.107. The molecule has 5 nitrogen and oxygen atoms in total. The molecule has 1 unspecified atom stereocenters. The van der Waals surface area contributed by atoms with Gasteiger partial charge in [-0.25, -0.2) is 4.79 Å². The highest BCUT2D eigenvalue weighted by Gasteiger charge is 2.09. The van der Waals surface area contributed by atoms with Crippen LogP contribution in [0.25, 0.3) is 11.0 Å². The molecule has 1 aromatic heterocycles. The maximum Gasteiger partial charge on any atom is 0.339 e. The van der Waals surface area contributed by atoms with Gasteiger partial charge in [-0.05, 0) is 25.1 Å². The van der Waals surface area contributed by atoms with Crippen LogP contribution in [0.4, 0.5) is 0 Å². The predicted molar refractivity (Wildman–Crippen MR) is 119 cm³/mol. The zero-order valence-corrected chi connectivity index (χ0v) is 17.8. The van der Waals surface area contributed by atoms with Crippen molar-refractivity contribution in [2.24, 2.45) is 0 Å². The maximum absolute atomic E-state index is 11.6. The summed E-state index contributed by atoms with van der Waals surface area (Å²) in [7, 11) is 0. The molecule has 0 aliphatic heterocycles. The summed E-state index contributed by atoms with van der Waals surface area (Å²) in [6, 6.07) is 8.56. The summed E-state index contributed by atoms with van der Waals surface area (Å²) >= 11 is 0. The Kier molecular flexibility index (Phi) is 11.5. The molecule has 0 aliphatic carbocycles. The number of aliphatic hydroxyl groups excluding tert-OH is 1. The Balaban J connectivity index is 1.52. The molecule has 0 aliphatic rings. The minimum atomic E-state index is -0.621. The molecule has 2 aromatic rings. The third-order valence-corrected chi connectivity index (χ3v) is 5.13. The number of fused-ring (bicyclic) bond motifs is 1. The van der Waals surface area contributed by atoms with Gasteiger partial charge in [0.1, 0.15) is 24.0 Å². The number of nitrogens with one attached hydrogen (secondary N) is 1. The number of ether oxygens (including phenoxy) is 1. The van der Waals surface area contributed by atoms with Crippen LogP contribution in [0.2, 0.25) is 0 Å². The smallest absolute Gasteiger partial charge is 0.339 e. The Labute approximate surface area is 174 Å². The molecule has 29 heavy (non-hydrogen) atoms. The first-order valence-electron chi connectivity index (χ1n) is 11.2. The lowest BCUT2D eigenvalue weighted by atomic mass is 10.1. The Hall–Kier alpha value is -1.85. The summed E-state index contributed by atoms with van der Waals surface area (Å²) in [5.74, 6) is 0.450. The van der Waals surface area contributed by atoms with Crippen molar-refractivity contribution in [1.82, 2.24) is 5.32 Å². The van der Waals surface area contributed by atoms with Crippen LogP contribution in [0.5, 0.6) is 5.75 Å². The van der Waals surface area contributed by atoms with Crippen molar-refractivity contribution in [1.29, 1.82) is 0 Å². The zero-order chi connectivity index (χ0) is 20.7. The van der Waals surface area contributed by atoms with Gasteiger partial charge in [-0.3, -0.25) is 0 Å². The van der Waals surface area contributed by atoms with Gasteiger partial charge in [0, 0.05) is 6.54 Å². The Morgan fingerprint density at radius 3 is 2.38 bits per heavy atom. The van der Waals surface area contributed by atoms with E-state index >= 15 is 0 Å². The largest absolute Gasteiger partial charge is 0.490 e. The van der Waals surface area contributed by atoms with Crippen LogP contribution >= 0.6 is 0 Å². The van der Waals surface area contributed by atoms with Crippen molar-refractivity contribution in [2.75, 3.05) is 19.7 Å². The minimum Gasteiger partial charge on any atom is -0.490 e. The van der Waals surface area contributed by atoms with Crippen molar-refractivity contribution in [3.63, 3.8) is 0 Å². The van der Waals surface area contributed by atoms with Gasteiger partial charge in [-0.2, -0.15) is 0 Å². The van der Waals surface area contributed by atoms with Crippen molar-refractivity contribution in [2.45, 2.75) is 77.2 Å². The van der Waals surface area contributed by atoms with Gasteiger partial charge in [-0.1, -0.05) is 76.8 Å². The van der Waals surface area contributed by atoms with Gasteiger partial charge in [0.15, 0.2) is 0 Å². The number of hydrogen-bond donors (Lipinski definition) is 2. The second kappa shape index (κ2) is 14.2. The van der Waals surface area contributed by atoms with Crippen LogP contribution in [0.1, 0.15) is 71.1 Å². The van der Waals surface area contributed by atoms with Crippen LogP contribution in [0, 0.1) is 0 Å². The van der Waals surface area contributed by atoms with Crippen LogP contribution < -0.4 is 15.7 Å². The summed E-state index contributed by atoms with van der Waals surface area (Å²) in [4.78, 5) is 11.6. The first-order chi connectivity index (χ1) is 14.2. The fourth-order valence-electron chi connectivity index (χ4n) is 3.45. The molecule has 0 fully saturated rings. The first kappa shape index (κ1) is 23.4. The Bertz CT molecular complexity index is 743. The molecule has 0 amide bonds. The van der Waals surface area contributed by atoms with Gasteiger partial charge >= 0.3 is 5.63 Å². The van der Waals surface area contributed by atoms with E-state index in [4.69, 9.17) is 9.15 Å². The molecule has 162 valence electrons. The van der Waals surface area contributed by atoms with E-state index in [9.17, 15) is 9.90 Å². The number of unbranched alkanes of at least 4 members (excludes halogenated alkanes) is 9. The molecule has 1 aromatic carbocycles. The summed E-state index contributed by atoms with van der Waals surface area (Å²) in [6.45, 7) is 3.78. The van der Waals surface area contributed by atoms with Gasteiger partial charge in [0.25, 0.3) is 0 Å². The van der Waals surface area contributed by atoms with Gasteiger partial charge in [-0.15, -0.1) is 0 Å². The molecule has 5 heteroatoms. The molecule has 0 radical (unpaired) electrons. The predicted octanol–water partition coefficient (Wildman–Crippen LogP) is 5.04. The second-order valence-electron chi connectivity index (χ2n) is 7.78. The maximum atomic E-state index is 11.6.